The lowest BCUT2D eigenvalue weighted by Crippen LogP contribution is -2.06. The smallest absolute Gasteiger partial charge is 0.346 e. The molecule has 0 saturated heterocycles. The molecule has 0 amide bonds. The molecule has 160 valence electrons. The van der Waals surface area contributed by atoms with Crippen LogP contribution in [0.25, 0.3) is 49.7 Å². The minimum absolute atomic E-state index is 0.418. The second kappa shape index (κ2) is 7.31. The molecule has 33 heavy (non-hydrogen) atoms. The number of pyridine rings is 1. The van der Waals surface area contributed by atoms with Gasteiger partial charge in [-0.15, -0.1) is 0 Å². The number of aryl methyl sites for hydroxylation is 1. The maximum atomic E-state index is 13.3. The first kappa shape index (κ1) is 19.3. The Morgan fingerprint density at radius 3 is 2.42 bits per heavy atom. The number of fused-ring (bicyclic) bond motifs is 4. The molecular formula is C27H19N3O3. The van der Waals surface area contributed by atoms with E-state index in [-0.39, 0.29) is 0 Å². The lowest BCUT2D eigenvalue weighted by molar-refractivity contribution is 0.416. The Morgan fingerprint density at radius 1 is 0.879 bits per heavy atom. The van der Waals surface area contributed by atoms with E-state index in [9.17, 15) is 4.79 Å². The van der Waals surface area contributed by atoms with E-state index in [2.05, 4.69) is 0 Å². The highest BCUT2D eigenvalue weighted by atomic mass is 16.5. The number of methoxy groups -OCH3 is 1. The highest BCUT2D eigenvalue weighted by Crippen LogP contribution is 2.41. The number of nitrogens with zero attached hydrogens (tertiary/aromatic N) is 3. The Balaban J connectivity index is 1.90. The predicted octanol–water partition coefficient (Wildman–Crippen LogP) is 5.66. The van der Waals surface area contributed by atoms with Crippen molar-refractivity contribution >= 4 is 32.9 Å². The summed E-state index contributed by atoms with van der Waals surface area (Å²) in [6, 6.07) is 25.0. The van der Waals surface area contributed by atoms with Crippen molar-refractivity contribution in [1.29, 1.82) is 0 Å². The van der Waals surface area contributed by atoms with Gasteiger partial charge in [0.25, 0.3) is 0 Å². The molecule has 0 unspecified atom stereocenters. The first-order valence-corrected chi connectivity index (χ1v) is 10.6. The predicted molar refractivity (Wildman–Crippen MR) is 129 cm³/mol. The Hall–Kier alpha value is -4.45. The van der Waals surface area contributed by atoms with Crippen LogP contribution in [0.2, 0.25) is 0 Å². The van der Waals surface area contributed by atoms with Crippen LogP contribution in [0.3, 0.4) is 0 Å². The van der Waals surface area contributed by atoms with E-state index in [1.54, 1.807) is 13.2 Å². The molecule has 0 atom stereocenters. The molecule has 0 aliphatic carbocycles. The average molecular weight is 433 g/mol. The lowest BCUT2D eigenvalue weighted by Gasteiger charge is -2.13. The number of hydrogen-bond acceptors (Lipinski definition) is 5. The van der Waals surface area contributed by atoms with Crippen LogP contribution >= 0.6 is 0 Å². The summed E-state index contributed by atoms with van der Waals surface area (Å²) >= 11 is 0. The topological polar surface area (TPSA) is 70.2 Å². The fourth-order valence-electron chi connectivity index (χ4n) is 4.48. The normalized spacial score (nSPS) is 11.5. The van der Waals surface area contributed by atoms with E-state index in [1.165, 1.54) is 0 Å². The molecular weight excluding hydrogens is 414 g/mol. The first-order valence-electron chi connectivity index (χ1n) is 10.6. The summed E-state index contributed by atoms with van der Waals surface area (Å²) in [5, 5.41) is 6.79. The molecule has 0 aliphatic heterocycles. The van der Waals surface area contributed by atoms with Crippen molar-refractivity contribution in [2.45, 2.75) is 6.92 Å². The van der Waals surface area contributed by atoms with Gasteiger partial charge in [0.2, 0.25) is 0 Å². The number of para-hydroxylation sites is 3. The summed E-state index contributed by atoms with van der Waals surface area (Å²) in [5.41, 5.74) is 4.45. The lowest BCUT2D eigenvalue weighted by atomic mass is 9.96. The van der Waals surface area contributed by atoms with E-state index >= 15 is 0 Å². The molecule has 3 heterocycles. The van der Waals surface area contributed by atoms with E-state index in [0.29, 0.717) is 33.4 Å². The molecule has 0 radical (unpaired) electrons. The van der Waals surface area contributed by atoms with Gasteiger partial charge in [0.1, 0.15) is 11.3 Å². The van der Waals surface area contributed by atoms with Crippen LogP contribution in [-0.2, 0) is 0 Å². The van der Waals surface area contributed by atoms with Crippen LogP contribution in [0.15, 0.2) is 88.1 Å². The number of benzene rings is 3. The van der Waals surface area contributed by atoms with Gasteiger partial charge in [-0.1, -0.05) is 48.5 Å². The van der Waals surface area contributed by atoms with Gasteiger partial charge in [-0.3, -0.25) is 0 Å². The zero-order valence-corrected chi connectivity index (χ0v) is 18.1. The van der Waals surface area contributed by atoms with Crippen LogP contribution in [0.5, 0.6) is 5.75 Å². The van der Waals surface area contributed by atoms with E-state index in [1.807, 2.05) is 84.4 Å². The van der Waals surface area contributed by atoms with E-state index in [4.69, 9.17) is 19.2 Å². The van der Waals surface area contributed by atoms with Crippen molar-refractivity contribution in [3.05, 3.63) is 95.0 Å². The van der Waals surface area contributed by atoms with Crippen LogP contribution < -0.4 is 10.4 Å². The molecule has 0 fully saturated rings. The Kier molecular flexibility index (Phi) is 4.26. The minimum Gasteiger partial charge on any atom is -0.496 e. The molecule has 0 saturated carbocycles. The van der Waals surface area contributed by atoms with Crippen LogP contribution in [0.1, 0.15) is 5.69 Å². The second-order valence-electron chi connectivity index (χ2n) is 7.83. The van der Waals surface area contributed by atoms with Crippen LogP contribution in [0, 0.1) is 6.92 Å². The molecule has 6 aromatic rings. The van der Waals surface area contributed by atoms with E-state index < -0.39 is 5.63 Å². The summed E-state index contributed by atoms with van der Waals surface area (Å²) in [7, 11) is 1.62. The van der Waals surface area contributed by atoms with Crippen molar-refractivity contribution in [3.8, 4) is 22.6 Å². The van der Waals surface area contributed by atoms with Crippen molar-refractivity contribution in [3.63, 3.8) is 0 Å². The summed E-state index contributed by atoms with van der Waals surface area (Å²) in [6.45, 7) is 1.93. The molecule has 6 nitrogen and oxygen atoms in total. The van der Waals surface area contributed by atoms with Gasteiger partial charge in [-0.05, 0) is 37.3 Å². The highest BCUT2D eigenvalue weighted by molar-refractivity contribution is 6.16. The third-order valence-electron chi connectivity index (χ3n) is 5.92. The summed E-state index contributed by atoms with van der Waals surface area (Å²) < 4.78 is 13.2. The zero-order valence-electron chi connectivity index (χ0n) is 18.1. The number of ether oxygens (including phenoxy) is 1. The molecule has 6 heteroatoms. The molecule has 0 N–H and O–H groups in total. The molecule has 0 bridgehead atoms. The maximum Gasteiger partial charge on any atom is 0.346 e. The summed E-state index contributed by atoms with van der Waals surface area (Å²) in [5.74, 6) is 0.658. The Bertz CT molecular complexity index is 1730. The Morgan fingerprint density at radius 2 is 1.61 bits per heavy atom. The summed E-state index contributed by atoms with van der Waals surface area (Å²) in [4.78, 5) is 18.3. The zero-order chi connectivity index (χ0) is 22.5. The van der Waals surface area contributed by atoms with Crippen molar-refractivity contribution in [2.24, 2.45) is 0 Å². The van der Waals surface area contributed by atoms with Crippen molar-refractivity contribution < 1.29 is 9.15 Å². The second-order valence-corrected chi connectivity index (χ2v) is 7.83. The molecule has 6 rings (SSSR count). The Labute approximate surface area is 188 Å². The van der Waals surface area contributed by atoms with E-state index in [0.717, 1.165) is 27.7 Å². The number of aromatic nitrogens is 3. The number of rotatable bonds is 3. The van der Waals surface area contributed by atoms with Gasteiger partial charge in [0, 0.05) is 16.5 Å². The van der Waals surface area contributed by atoms with Crippen LogP contribution in [-0.4, -0.2) is 21.9 Å². The third kappa shape index (κ3) is 2.84. The third-order valence-corrected chi connectivity index (χ3v) is 5.92. The van der Waals surface area contributed by atoms with Gasteiger partial charge < -0.3 is 9.15 Å². The molecule has 3 aromatic carbocycles. The standard InChI is InChI=1S/C27H19N3O3/c1-16-22-23(18-12-6-8-14-20(18)32-2)24-25(19-13-7-9-15-21(19)33-27(24)31)28-26(22)30(29-16)17-10-4-3-5-11-17/h3-15H,1-2H3. The molecule has 0 spiro atoms. The fourth-order valence-corrected chi connectivity index (χ4v) is 4.48. The maximum absolute atomic E-state index is 13.3. The fraction of sp³-hybridized carbons (Fsp3) is 0.0741. The van der Waals surface area contributed by atoms with Gasteiger partial charge in [0.05, 0.1) is 34.8 Å². The molecule has 0 aliphatic rings. The van der Waals surface area contributed by atoms with Crippen molar-refractivity contribution in [1.82, 2.24) is 14.8 Å². The minimum atomic E-state index is -0.439. The SMILES string of the molecule is COc1ccccc1-c1c2c(C)nn(-c3ccccc3)c2nc2c1c(=O)oc1ccccc12. The average Bonchev–Trinajstić information content (AvgIpc) is 3.19. The molecule has 3 aromatic heterocycles. The van der Waals surface area contributed by atoms with Crippen LogP contribution in [0.4, 0.5) is 0 Å². The quantitative estimate of drug-likeness (QED) is 0.266. The van der Waals surface area contributed by atoms with Gasteiger partial charge in [0.15, 0.2) is 5.65 Å². The summed E-state index contributed by atoms with van der Waals surface area (Å²) in [6.07, 6.45) is 0. The number of hydrogen-bond donors (Lipinski definition) is 0. The largest absolute Gasteiger partial charge is 0.496 e. The van der Waals surface area contributed by atoms with Gasteiger partial charge in [-0.2, -0.15) is 5.10 Å². The van der Waals surface area contributed by atoms with Crippen molar-refractivity contribution in [2.75, 3.05) is 7.11 Å². The van der Waals surface area contributed by atoms with Gasteiger partial charge >= 0.3 is 5.63 Å². The van der Waals surface area contributed by atoms with Gasteiger partial charge in [-0.25, -0.2) is 14.5 Å². The monoisotopic (exact) mass is 433 g/mol. The first-order chi connectivity index (χ1) is 16.2. The highest BCUT2D eigenvalue weighted by Gasteiger charge is 2.24.